The summed E-state index contributed by atoms with van der Waals surface area (Å²) in [5.74, 6) is -1.28. The van der Waals surface area contributed by atoms with Gasteiger partial charge < -0.3 is 59.8 Å². The third-order valence-electron chi connectivity index (χ3n) is 12.8. The summed E-state index contributed by atoms with van der Waals surface area (Å²) in [5.41, 5.74) is -0.180. The minimum atomic E-state index is -1.77. The fourth-order valence-electron chi connectivity index (χ4n) is 10.2. The quantitative estimate of drug-likeness (QED) is 0.172. The largest absolute Gasteiger partial charge is 0.479 e. The minimum Gasteiger partial charge on any atom is -0.479 e. The Morgan fingerprint density at radius 3 is 1.73 bits per heavy atom. The Kier molecular flexibility index (Phi) is 9.07. The predicted octanol–water partition coefficient (Wildman–Crippen LogP) is -0.416. The van der Waals surface area contributed by atoms with Gasteiger partial charge >= 0.3 is 11.9 Å². The smallest absolute Gasteiger partial charge is 0.335 e. The first kappa shape index (κ1) is 33.4. The molecule has 2 aliphatic heterocycles. The highest BCUT2D eigenvalue weighted by Gasteiger charge is 2.62. The van der Waals surface area contributed by atoms with Crippen LogP contribution in [0.1, 0.15) is 71.6 Å². The zero-order valence-corrected chi connectivity index (χ0v) is 25.6. The number of hydrogen-bond acceptors (Lipinski definition) is 12. The van der Waals surface area contributed by atoms with Gasteiger partial charge in [0, 0.05) is 0 Å². The number of aliphatic carboxylic acids is 2. The second-order valence-electron chi connectivity index (χ2n) is 14.9. The van der Waals surface area contributed by atoms with Gasteiger partial charge in [0.15, 0.2) is 24.8 Å². The zero-order valence-electron chi connectivity index (χ0n) is 25.6. The van der Waals surface area contributed by atoms with Gasteiger partial charge in [0.2, 0.25) is 0 Å². The molecule has 6 aliphatic rings. The number of aliphatic hydroxyl groups is 6. The Labute approximate surface area is 261 Å². The summed E-state index contributed by atoms with van der Waals surface area (Å²) < 4.78 is 23.1. The van der Waals surface area contributed by atoms with Crippen molar-refractivity contribution in [1.82, 2.24) is 0 Å². The monoisotopic (exact) mass is 644 g/mol. The van der Waals surface area contributed by atoms with Gasteiger partial charge in [0.25, 0.3) is 0 Å². The molecule has 6 rings (SSSR count). The maximum atomic E-state index is 11.6. The lowest BCUT2D eigenvalue weighted by atomic mass is 9.45. The number of ether oxygens (including phenoxy) is 4. The highest BCUT2D eigenvalue weighted by Crippen LogP contribution is 2.67. The summed E-state index contributed by atoms with van der Waals surface area (Å²) in [6.07, 6.45) is -9.08. The number of aliphatic hydroxyl groups excluding tert-OH is 6. The van der Waals surface area contributed by atoms with E-state index in [-0.39, 0.29) is 23.0 Å². The van der Waals surface area contributed by atoms with Gasteiger partial charge in [0.05, 0.1) is 12.2 Å². The van der Waals surface area contributed by atoms with Crippen LogP contribution in [0.5, 0.6) is 0 Å². The fraction of sp³-hybridized carbons (Fsp3) is 0.935. The van der Waals surface area contributed by atoms with Gasteiger partial charge in [-0.25, -0.2) is 9.59 Å². The summed E-state index contributed by atoms with van der Waals surface area (Å²) in [5, 5.41) is 80.4. The van der Waals surface area contributed by atoms with Crippen LogP contribution in [0.3, 0.4) is 0 Å². The maximum absolute atomic E-state index is 11.6. The van der Waals surface area contributed by atoms with E-state index in [1.54, 1.807) is 0 Å². The molecule has 8 N–H and O–H groups in total. The van der Waals surface area contributed by atoms with Crippen LogP contribution in [0, 0.1) is 34.5 Å². The number of carboxylic acids is 2. The molecule has 0 bridgehead atoms. The Morgan fingerprint density at radius 2 is 1.16 bits per heavy atom. The lowest BCUT2D eigenvalue weighted by Gasteiger charge is -2.61. The van der Waals surface area contributed by atoms with Crippen molar-refractivity contribution in [2.45, 2.75) is 145 Å². The third kappa shape index (κ3) is 5.52. The number of carboxylic acid groups (broad SMARTS) is 2. The molecule has 256 valence electrons. The average Bonchev–Trinajstić information content (AvgIpc) is 3.33. The van der Waals surface area contributed by atoms with E-state index in [1.807, 2.05) is 0 Å². The van der Waals surface area contributed by atoms with Crippen molar-refractivity contribution in [2.75, 3.05) is 0 Å². The summed E-state index contributed by atoms with van der Waals surface area (Å²) in [6, 6.07) is 0. The molecular weight excluding hydrogens is 596 g/mol. The Balaban J connectivity index is 1.10. The summed E-state index contributed by atoms with van der Waals surface area (Å²) in [4.78, 5) is 23.1. The zero-order chi connectivity index (χ0) is 32.6. The van der Waals surface area contributed by atoms with Crippen molar-refractivity contribution in [3.63, 3.8) is 0 Å². The van der Waals surface area contributed by atoms with Crippen molar-refractivity contribution >= 4 is 11.9 Å². The van der Waals surface area contributed by atoms with Gasteiger partial charge in [-0.2, -0.15) is 0 Å². The molecule has 0 spiro atoms. The fourth-order valence-corrected chi connectivity index (χ4v) is 10.2. The van der Waals surface area contributed by atoms with Gasteiger partial charge in [0.1, 0.15) is 36.6 Å². The molecule has 2 heterocycles. The van der Waals surface area contributed by atoms with E-state index in [1.165, 1.54) is 0 Å². The molecule has 0 aromatic rings. The van der Waals surface area contributed by atoms with Crippen molar-refractivity contribution in [2.24, 2.45) is 34.5 Å². The molecule has 14 heteroatoms. The molecule has 0 unspecified atom stereocenters. The Bertz CT molecular complexity index is 1120. The second-order valence-corrected chi connectivity index (χ2v) is 14.9. The molecule has 0 aromatic carbocycles. The molecule has 18 atom stereocenters. The average molecular weight is 645 g/mol. The summed E-state index contributed by atoms with van der Waals surface area (Å²) >= 11 is 0. The molecule has 0 radical (unpaired) electrons. The van der Waals surface area contributed by atoms with Crippen LogP contribution in [-0.2, 0) is 28.5 Å². The first-order valence-corrected chi connectivity index (χ1v) is 16.3. The van der Waals surface area contributed by atoms with Crippen molar-refractivity contribution in [3.8, 4) is 0 Å². The molecule has 6 fully saturated rings. The summed E-state index contributed by atoms with van der Waals surface area (Å²) in [6.45, 7) is 4.55. The van der Waals surface area contributed by atoms with E-state index >= 15 is 0 Å². The van der Waals surface area contributed by atoms with Crippen LogP contribution in [0.4, 0.5) is 0 Å². The van der Waals surface area contributed by atoms with Crippen LogP contribution in [0.2, 0.25) is 0 Å². The highest BCUT2D eigenvalue weighted by atomic mass is 16.7. The maximum Gasteiger partial charge on any atom is 0.335 e. The van der Waals surface area contributed by atoms with Crippen molar-refractivity contribution in [3.05, 3.63) is 0 Å². The standard InChI is InChI=1S/C31H48O14/c1-30-9-7-13(42-28-22(36)18(32)20(34)24(44-28)26(38)39)11-12(30)3-4-14-15-5-6-17(31(15,2)10-8-16(14)30)43-29-23(37)19(33)21(35)25(45-29)27(40)41/h12-25,28-29,32-37H,3-11H2,1-2H3,(H,38,39)(H,40,41)/t12-,13+,14-,15-,16-,17-,18-,19-,20-,21-,22+,23+,24-,25-,28+,29+,30-,31-/m0/s1. The van der Waals surface area contributed by atoms with Crippen molar-refractivity contribution < 1.29 is 69.4 Å². The van der Waals surface area contributed by atoms with E-state index in [0.29, 0.717) is 42.9 Å². The molecule has 4 aliphatic carbocycles. The van der Waals surface area contributed by atoms with Crippen LogP contribution < -0.4 is 0 Å². The molecule has 45 heavy (non-hydrogen) atoms. The molecule has 0 amide bonds. The lowest BCUT2D eigenvalue weighted by molar-refractivity contribution is -0.314. The lowest BCUT2D eigenvalue weighted by Crippen LogP contribution is -2.61. The van der Waals surface area contributed by atoms with E-state index in [4.69, 9.17) is 18.9 Å². The summed E-state index contributed by atoms with van der Waals surface area (Å²) in [7, 11) is 0. The minimum absolute atomic E-state index is 0.0476. The number of fused-ring (bicyclic) bond motifs is 5. The molecule has 4 saturated carbocycles. The number of carbonyl (C=O) groups is 2. The topological polar surface area (TPSA) is 233 Å². The van der Waals surface area contributed by atoms with Crippen molar-refractivity contribution in [1.29, 1.82) is 0 Å². The van der Waals surface area contributed by atoms with E-state index < -0.39 is 73.4 Å². The molecular formula is C31H48O14. The number of hydrogen-bond donors (Lipinski definition) is 8. The Morgan fingerprint density at radius 1 is 0.622 bits per heavy atom. The van der Waals surface area contributed by atoms with Gasteiger partial charge in [-0.05, 0) is 92.3 Å². The normalized spacial score (nSPS) is 54.8. The first-order chi connectivity index (χ1) is 21.2. The van der Waals surface area contributed by atoms with Gasteiger partial charge in [-0.3, -0.25) is 0 Å². The molecule has 0 aromatic heterocycles. The second kappa shape index (κ2) is 12.2. The van der Waals surface area contributed by atoms with Crippen LogP contribution in [0.25, 0.3) is 0 Å². The van der Waals surface area contributed by atoms with Crippen LogP contribution in [-0.4, -0.2) is 126 Å². The van der Waals surface area contributed by atoms with E-state index in [2.05, 4.69) is 13.8 Å². The van der Waals surface area contributed by atoms with Crippen LogP contribution >= 0.6 is 0 Å². The predicted molar refractivity (Wildman–Crippen MR) is 150 cm³/mol. The third-order valence-corrected chi connectivity index (χ3v) is 12.8. The van der Waals surface area contributed by atoms with E-state index in [9.17, 15) is 50.4 Å². The molecule has 2 saturated heterocycles. The van der Waals surface area contributed by atoms with Crippen LogP contribution in [0.15, 0.2) is 0 Å². The Hall–Kier alpha value is -1.46. The van der Waals surface area contributed by atoms with E-state index in [0.717, 1.165) is 38.5 Å². The highest BCUT2D eigenvalue weighted by molar-refractivity contribution is 5.73. The molecule has 14 nitrogen and oxygen atoms in total. The first-order valence-electron chi connectivity index (χ1n) is 16.3. The number of rotatable bonds is 6. The van der Waals surface area contributed by atoms with Gasteiger partial charge in [-0.15, -0.1) is 0 Å². The van der Waals surface area contributed by atoms with Gasteiger partial charge in [-0.1, -0.05) is 13.8 Å². The SMILES string of the molecule is C[C@]12CC[C@@H](O[C@@H]3O[C@H](C(=O)O)[C@@H](O)[C@H](O)[C@H]3O)C[C@@H]1CC[C@@H]1[C@@H]2CC[C@]2(C)[C@@H](O[C@@H]3O[C@H](C(=O)O)[C@@H](O)[C@H](O)[C@H]3O)CC[C@@H]12.